The molecule has 0 atom stereocenters. The zero-order valence-corrected chi connectivity index (χ0v) is 12.0. The van der Waals surface area contributed by atoms with Gasteiger partial charge in [-0.05, 0) is 18.2 Å². The molecule has 0 unspecified atom stereocenters. The van der Waals surface area contributed by atoms with Crippen LogP contribution in [0.15, 0.2) is 23.6 Å². The molecule has 2 aromatic rings. The number of benzene rings is 1. The van der Waals surface area contributed by atoms with E-state index < -0.39 is 0 Å². The first kappa shape index (κ1) is 13.7. The van der Waals surface area contributed by atoms with E-state index in [0.29, 0.717) is 32.6 Å². The number of nitrogens with two attached hydrogens (primary N) is 1. The normalized spacial score (nSPS) is 10.3. The predicted octanol–water partition coefficient (Wildman–Crippen LogP) is 3.23. The van der Waals surface area contributed by atoms with Gasteiger partial charge in [-0.25, -0.2) is 0 Å². The maximum Gasteiger partial charge on any atom is 0.205 e. The molecule has 1 aromatic heterocycles. The molecule has 19 heavy (non-hydrogen) atoms. The first-order valence-electron chi connectivity index (χ1n) is 5.37. The lowest BCUT2D eigenvalue weighted by atomic mass is 10.1. The van der Waals surface area contributed by atoms with Gasteiger partial charge in [0.15, 0.2) is 11.5 Å². The van der Waals surface area contributed by atoms with Crippen LogP contribution in [-0.4, -0.2) is 20.0 Å². The standard InChI is InChI=1S/C13H12ClNO3S/c1-17-9-4-3-7(5-10(9)18-2)12(16)13-11(15)8(14)6-19-13/h3-6H,15H2,1-2H3. The van der Waals surface area contributed by atoms with Gasteiger partial charge >= 0.3 is 0 Å². The van der Waals surface area contributed by atoms with E-state index in [1.54, 1.807) is 23.6 Å². The Labute approximate surface area is 119 Å². The van der Waals surface area contributed by atoms with Gasteiger partial charge < -0.3 is 15.2 Å². The third-order valence-electron chi connectivity index (χ3n) is 2.63. The Morgan fingerprint density at radius 2 is 1.95 bits per heavy atom. The van der Waals surface area contributed by atoms with Crippen molar-refractivity contribution in [3.63, 3.8) is 0 Å². The summed E-state index contributed by atoms with van der Waals surface area (Å²) in [7, 11) is 3.05. The highest BCUT2D eigenvalue weighted by Crippen LogP contribution is 2.33. The number of thiophene rings is 1. The lowest BCUT2D eigenvalue weighted by Crippen LogP contribution is -2.03. The number of rotatable bonds is 4. The summed E-state index contributed by atoms with van der Waals surface area (Å²) in [5, 5.41) is 2.04. The van der Waals surface area contributed by atoms with E-state index in [-0.39, 0.29) is 5.78 Å². The van der Waals surface area contributed by atoms with Gasteiger partial charge in [0, 0.05) is 10.9 Å². The summed E-state index contributed by atoms with van der Waals surface area (Å²) in [6.45, 7) is 0. The topological polar surface area (TPSA) is 61.5 Å². The highest BCUT2D eigenvalue weighted by atomic mass is 35.5. The molecule has 0 aliphatic carbocycles. The molecule has 2 rings (SSSR count). The third kappa shape index (κ3) is 2.52. The van der Waals surface area contributed by atoms with Crippen molar-refractivity contribution in [2.45, 2.75) is 0 Å². The minimum atomic E-state index is -0.185. The molecule has 0 saturated carbocycles. The summed E-state index contributed by atoms with van der Waals surface area (Å²) in [5.74, 6) is 0.876. The third-order valence-corrected chi connectivity index (χ3v) is 4.07. The van der Waals surface area contributed by atoms with Gasteiger partial charge in [-0.2, -0.15) is 0 Å². The van der Waals surface area contributed by atoms with Gasteiger partial charge in [0.1, 0.15) is 0 Å². The molecule has 0 bridgehead atoms. The highest BCUT2D eigenvalue weighted by Gasteiger charge is 2.18. The summed E-state index contributed by atoms with van der Waals surface area (Å²) in [6.07, 6.45) is 0. The van der Waals surface area contributed by atoms with Gasteiger partial charge in [-0.3, -0.25) is 4.79 Å². The maximum atomic E-state index is 12.3. The number of hydrogen-bond donors (Lipinski definition) is 1. The number of methoxy groups -OCH3 is 2. The zero-order chi connectivity index (χ0) is 14.0. The molecule has 0 aliphatic heterocycles. The summed E-state index contributed by atoms with van der Waals surface area (Å²) in [4.78, 5) is 12.8. The van der Waals surface area contributed by atoms with E-state index in [9.17, 15) is 4.79 Å². The Morgan fingerprint density at radius 3 is 2.47 bits per heavy atom. The van der Waals surface area contributed by atoms with Crippen LogP contribution in [0.25, 0.3) is 0 Å². The summed E-state index contributed by atoms with van der Waals surface area (Å²) in [6, 6.07) is 4.96. The SMILES string of the molecule is COc1ccc(C(=O)c2scc(Cl)c2N)cc1OC. The quantitative estimate of drug-likeness (QED) is 0.880. The lowest BCUT2D eigenvalue weighted by molar-refractivity contribution is 0.104. The number of ketones is 1. The summed E-state index contributed by atoms with van der Waals surface area (Å²) in [5.41, 5.74) is 6.56. The first-order chi connectivity index (χ1) is 9.08. The number of carbonyl (C=O) groups excluding carboxylic acids is 1. The van der Waals surface area contributed by atoms with Crippen molar-refractivity contribution in [3.8, 4) is 11.5 Å². The van der Waals surface area contributed by atoms with Gasteiger partial charge in [0.25, 0.3) is 0 Å². The molecule has 0 saturated heterocycles. The van der Waals surface area contributed by atoms with E-state index in [0.717, 1.165) is 0 Å². The molecule has 0 radical (unpaired) electrons. The van der Waals surface area contributed by atoms with Crippen molar-refractivity contribution in [1.82, 2.24) is 0 Å². The van der Waals surface area contributed by atoms with Crippen LogP contribution < -0.4 is 15.2 Å². The Kier molecular flexibility index (Phi) is 3.97. The van der Waals surface area contributed by atoms with Crippen LogP contribution in [0, 0.1) is 0 Å². The van der Waals surface area contributed by atoms with E-state index in [2.05, 4.69) is 0 Å². The Morgan fingerprint density at radius 1 is 1.26 bits per heavy atom. The number of carbonyl (C=O) groups is 1. The molecule has 1 aromatic carbocycles. The molecule has 6 heteroatoms. The molecule has 0 amide bonds. The fraction of sp³-hybridized carbons (Fsp3) is 0.154. The molecule has 4 nitrogen and oxygen atoms in total. The second-order valence-electron chi connectivity index (χ2n) is 3.73. The second kappa shape index (κ2) is 5.50. The van der Waals surface area contributed by atoms with E-state index >= 15 is 0 Å². The van der Waals surface area contributed by atoms with Gasteiger partial charge in [-0.1, -0.05) is 11.6 Å². The summed E-state index contributed by atoms with van der Waals surface area (Å²) >= 11 is 7.08. The van der Waals surface area contributed by atoms with Gasteiger partial charge in [0.2, 0.25) is 5.78 Å². The molecular formula is C13H12ClNO3S. The largest absolute Gasteiger partial charge is 0.493 e. The fourth-order valence-electron chi connectivity index (χ4n) is 1.63. The van der Waals surface area contributed by atoms with Crippen LogP contribution in [-0.2, 0) is 0 Å². The van der Waals surface area contributed by atoms with Crippen molar-refractivity contribution >= 4 is 34.4 Å². The molecule has 0 spiro atoms. The van der Waals surface area contributed by atoms with Crippen molar-refractivity contribution in [1.29, 1.82) is 0 Å². The van der Waals surface area contributed by atoms with Crippen molar-refractivity contribution in [3.05, 3.63) is 39.0 Å². The first-order valence-corrected chi connectivity index (χ1v) is 6.63. The maximum absolute atomic E-state index is 12.3. The summed E-state index contributed by atoms with van der Waals surface area (Å²) < 4.78 is 10.3. The number of halogens is 1. The van der Waals surface area contributed by atoms with Crippen molar-refractivity contribution in [2.75, 3.05) is 20.0 Å². The Hall–Kier alpha value is -1.72. The van der Waals surface area contributed by atoms with Crippen LogP contribution in [0.2, 0.25) is 5.02 Å². The number of ether oxygens (including phenoxy) is 2. The second-order valence-corrected chi connectivity index (χ2v) is 5.01. The zero-order valence-electron chi connectivity index (χ0n) is 10.4. The van der Waals surface area contributed by atoms with E-state index in [4.69, 9.17) is 26.8 Å². The van der Waals surface area contributed by atoms with Crippen LogP contribution in [0.5, 0.6) is 11.5 Å². The minimum Gasteiger partial charge on any atom is -0.493 e. The van der Waals surface area contributed by atoms with E-state index in [1.165, 1.54) is 25.6 Å². The van der Waals surface area contributed by atoms with Gasteiger partial charge in [0.05, 0.1) is 29.8 Å². The van der Waals surface area contributed by atoms with Crippen LogP contribution >= 0.6 is 22.9 Å². The molecule has 2 N–H and O–H groups in total. The molecule has 1 heterocycles. The Balaban J connectivity index is 2.42. The number of nitrogen functional groups attached to an aromatic ring is 1. The average Bonchev–Trinajstić information content (AvgIpc) is 2.77. The molecular weight excluding hydrogens is 286 g/mol. The van der Waals surface area contributed by atoms with Crippen LogP contribution in [0.1, 0.15) is 15.2 Å². The predicted molar refractivity (Wildman–Crippen MR) is 76.7 cm³/mol. The van der Waals surface area contributed by atoms with Gasteiger partial charge in [-0.15, -0.1) is 11.3 Å². The Bertz CT molecular complexity index is 624. The van der Waals surface area contributed by atoms with Crippen molar-refractivity contribution < 1.29 is 14.3 Å². The van der Waals surface area contributed by atoms with Crippen molar-refractivity contribution in [2.24, 2.45) is 0 Å². The molecule has 100 valence electrons. The average molecular weight is 298 g/mol. The fourth-order valence-corrected chi connectivity index (χ4v) is 2.72. The monoisotopic (exact) mass is 297 g/mol. The highest BCUT2D eigenvalue weighted by molar-refractivity contribution is 7.13. The van der Waals surface area contributed by atoms with E-state index in [1.807, 2.05) is 0 Å². The number of anilines is 1. The van der Waals surface area contributed by atoms with Crippen LogP contribution in [0.3, 0.4) is 0 Å². The van der Waals surface area contributed by atoms with Crippen LogP contribution in [0.4, 0.5) is 5.69 Å². The smallest absolute Gasteiger partial charge is 0.205 e. The minimum absolute atomic E-state index is 0.185. The lowest BCUT2D eigenvalue weighted by Gasteiger charge is -2.08. The number of hydrogen-bond acceptors (Lipinski definition) is 5. The molecule has 0 aliphatic rings. The molecule has 0 fully saturated rings.